The molecule has 150 valence electrons. The summed E-state index contributed by atoms with van der Waals surface area (Å²) < 4.78 is 0. The number of hydrogen-bond acceptors (Lipinski definition) is 5. The summed E-state index contributed by atoms with van der Waals surface area (Å²) in [5.41, 5.74) is 2.83. The van der Waals surface area contributed by atoms with Crippen molar-refractivity contribution in [3.63, 3.8) is 0 Å². The Kier molecular flexibility index (Phi) is 5.02. The van der Waals surface area contributed by atoms with Crippen molar-refractivity contribution in [2.24, 2.45) is 0 Å². The van der Waals surface area contributed by atoms with E-state index in [4.69, 9.17) is 0 Å². The zero-order valence-corrected chi connectivity index (χ0v) is 17.4. The highest BCUT2D eigenvalue weighted by Crippen LogP contribution is 2.43. The van der Waals surface area contributed by atoms with Crippen LogP contribution in [0.1, 0.15) is 27.0 Å². The number of H-pyrrole nitrogens is 1. The molecule has 0 bridgehead atoms. The van der Waals surface area contributed by atoms with E-state index < -0.39 is 17.7 Å². The molecule has 1 atom stereocenters. The van der Waals surface area contributed by atoms with Gasteiger partial charge in [0.15, 0.2) is 5.76 Å². The number of aliphatic hydroxyl groups excluding tert-OH is 1. The molecule has 0 aliphatic carbocycles. The van der Waals surface area contributed by atoms with Gasteiger partial charge in [0, 0.05) is 35.2 Å². The number of nitrogens with zero attached hydrogens (tertiary/aromatic N) is 2. The van der Waals surface area contributed by atoms with Crippen molar-refractivity contribution in [2.45, 2.75) is 13.0 Å². The standard InChI is InChI=1S/C22H23N3O3S/c1-13-17(14-7-4-5-8-15(14)23-13)19-18(20(26)16-9-6-12-29-16)21(27)22(28)25(19)11-10-24(2)3/h4-9,12,19,23,27H,10-11H2,1-3H3. The Morgan fingerprint density at radius 3 is 2.69 bits per heavy atom. The molecule has 1 aliphatic heterocycles. The Bertz CT molecular complexity index is 1110. The molecule has 1 aromatic carbocycles. The van der Waals surface area contributed by atoms with Gasteiger partial charge in [0.25, 0.3) is 5.91 Å². The van der Waals surface area contributed by atoms with Gasteiger partial charge in [0.05, 0.1) is 16.5 Å². The minimum Gasteiger partial charge on any atom is -0.503 e. The van der Waals surface area contributed by atoms with Gasteiger partial charge < -0.3 is 19.9 Å². The molecule has 1 amide bonds. The zero-order valence-electron chi connectivity index (χ0n) is 16.6. The van der Waals surface area contributed by atoms with E-state index in [-0.39, 0.29) is 11.4 Å². The molecule has 3 heterocycles. The Morgan fingerprint density at radius 1 is 1.24 bits per heavy atom. The molecule has 0 fully saturated rings. The van der Waals surface area contributed by atoms with Crippen LogP contribution in [0.2, 0.25) is 0 Å². The molecule has 4 rings (SSSR count). The molecule has 7 heteroatoms. The van der Waals surface area contributed by atoms with Crippen LogP contribution in [0.25, 0.3) is 10.9 Å². The van der Waals surface area contributed by atoms with Crippen LogP contribution in [0.3, 0.4) is 0 Å². The third kappa shape index (κ3) is 3.26. The van der Waals surface area contributed by atoms with Gasteiger partial charge in [-0.3, -0.25) is 9.59 Å². The number of para-hydroxylation sites is 1. The Balaban J connectivity index is 1.89. The number of benzene rings is 1. The van der Waals surface area contributed by atoms with Gasteiger partial charge in [-0.2, -0.15) is 0 Å². The largest absolute Gasteiger partial charge is 0.503 e. The summed E-state index contributed by atoms with van der Waals surface area (Å²) in [5.74, 6) is -1.24. The van der Waals surface area contributed by atoms with Crippen LogP contribution in [0, 0.1) is 6.92 Å². The Morgan fingerprint density at radius 2 is 2.00 bits per heavy atom. The molecule has 29 heavy (non-hydrogen) atoms. The fourth-order valence-electron chi connectivity index (χ4n) is 3.92. The zero-order chi connectivity index (χ0) is 20.7. The van der Waals surface area contributed by atoms with Crippen LogP contribution in [0.15, 0.2) is 53.1 Å². The lowest BCUT2D eigenvalue weighted by molar-refractivity contribution is -0.129. The van der Waals surface area contributed by atoms with Crippen LogP contribution in [-0.4, -0.2) is 58.8 Å². The number of carbonyl (C=O) groups is 2. The van der Waals surface area contributed by atoms with Crippen molar-refractivity contribution in [1.82, 2.24) is 14.8 Å². The van der Waals surface area contributed by atoms with Gasteiger partial charge in [0.2, 0.25) is 5.78 Å². The van der Waals surface area contributed by atoms with E-state index in [9.17, 15) is 14.7 Å². The van der Waals surface area contributed by atoms with Gasteiger partial charge in [-0.1, -0.05) is 24.3 Å². The second kappa shape index (κ2) is 7.50. The fourth-order valence-corrected chi connectivity index (χ4v) is 4.59. The smallest absolute Gasteiger partial charge is 0.290 e. The lowest BCUT2D eigenvalue weighted by atomic mass is 9.93. The first-order valence-electron chi connectivity index (χ1n) is 9.44. The van der Waals surface area contributed by atoms with Crippen molar-refractivity contribution in [3.05, 3.63) is 69.2 Å². The normalized spacial score (nSPS) is 17.2. The molecule has 0 spiro atoms. The number of nitrogens with one attached hydrogen (secondary N) is 1. The van der Waals surface area contributed by atoms with Crippen LogP contribution < -0.4 is 0 Å². The number of rotatable bonds is 6. The van der Waals surface area contributed by atoms with E-state index >= 15 is 0 Å². The molecule has 0 radical (unpaired) electrons. The number of likely N-dealkylation sites (N-methyl/N-ethyl adjacent to an activating group) is 1. The van der Waals surface area contributed by atoms with Gasteiger partial charge in [-0.25, -0.2) is 0 Å². The molecule has 0 saturated heterocycles. The predicted octanol–water partition coefficient (Wildman–Crippen LogP) is 3.68. The number of carbonyl (C=O) groups excluding carboxylic acids is 2. The number of Topliss-reactive ketones (excluding diaryl/α,β-unsaturated/α-hetero) is 1. The minimum absolute atomic E-state index is 0.157. The van der Waals surface area contributed by atoms with Gasteiger partial charge >= 0.3 is 0 Å². The molecule has 1 aliphatic rings. The summed E-state index contributed by atoms with van der Waals surface area (Å²) in [6.45, 7) is 2.96. The summed E-state index contributed by atoms with van der Waals surface area (Å²) in [6, 6.07) is 10.7. The lowest BCUT2D eigenvalue weighted by Gasteiger charge is -2.28. The number of hydrogen-bond donors (Lipinski definition) is 2. The van der Waals surface area contributed by atoms with E-state index in [0.717, 1.165) is 22.2 Å². The maximum Gasteiger partial charge on any atom is 0.290 e. The monoisotopic (exact) mass is 409 g/mol. The van der Waals surface area contributed by atoms with Gasteiger partial charge in [-0.15, -0.1) is 11.3 Å². The highest BCUT2D eigenvalue weighted by atomic mass is 32.1. The summed E-state index contributed by atoms with van der Waals surface area (Å²) in [7, 11) is 3.86. The van der Waals surface area contributed by atoms with E-state index in [1.54, 1.807) is 17.0 Å². The van der Waals surface area contributed by atoms with Crippen LogP contribution in [0.4, 0.5) is 0 Å². The van der Waals surface area contributed by atoms with Gasteiger partial charge in [0.1, 0.15) is 0 Å². The van der Waals surface area contributed by atoms with Crippen LogP contribution >= 0.6 is 11.3 Å². The quantitative estimate of drug-likeness (QED) is 0.609. The minimum atomic E-state index is -0.631. The molecule has 1 unspecified atom stereocenters. The molecular weight excluding hydrogens is 386 g/mol. The van der Waals surface area contributed by atoms with Crippen molar-refractivity contribution in [3.8, 4) is 0 Å². The first-order chi connectivity index (χ1) is 13.9. The number of aliphatic hydroxyl groups is 1. The SMILES string of the molecule is Cc1[nH]c2ccccc2c1C1C(C(=O)c2cccs2)=C(O)C(=O)N1CCN(C)C. The van der Waals surface area contributed by atoms with Crippen molar-refractivity contribution in [2.75, 3.05) is 27.2 Å². The van der Waals surface area contributed by atoms with E-state index in [1.165, 1.54) is 11.3 Å². The van der Waals surface area contributed by atoms with Crippen molar-refractivity contribution >= 4 is 33.9 Å². The third-order valence-corrected chi connectivity index (χ3v) is 6.17. The Labute approximate surface area is 173 Å². The number of aromatic amines is 1. The Hall–Kier alpha value is -2.90. The first kappa shape index (κ1) is 19.4. The molecular formula is C22H23N3O3S. The summed E-state index contributed by atoms with van der Waals surface area (Å²) >= 11 is 1.31. The number of aryl methyl sites for hydroxylation is 1. The third-order valence-electron chi connectivity index (χ3n) is 5.30. The van der Waals surface area contributed by atoms with Crippen molar-refractivity contribution < 1.29 is 14.7 Å². The molecule has 2 N–H and O–H groups in total. The van der Waals surface area contributed by atoms with Crippen molar-refractivity contribution in [1.29, 1.82) is 0 Å². The second-order valence-electron chi connectivity index (χ2n) is 7.48. The molecule has 2 aromatic heterocycles. The molecule has 3 aromatic rings. The maximum atomic E-state index is 13.3. The topological polar surface area (TPSA) is 76.6 Å². The highest BCUT2D eigenvalue weighted by Gasteiger charge is 2.45. The van der Waals surface area contributed by atoms with E-state index in [0.29, 0.717) is 18.0 Å². The predicted molar refractivity (Wildman–Crippen MR) is 114 cm³/mol. The number of ketones is 1. The molecule has 0 saturated carbocycles. The average molecular weight is 410 g/mol. The lowest BCUT2D eigenvalue weighted by Crippen LogP contribution is -2.36. The maximum absolute atomic E-state index is 13.3. The number of fused-ring (bicyclic) bond motifs is 1. The summed E-state index contributed by atoms with van der Waals surface area (Å²) in [5, 5.41) is 13.5. The van der Waals surface area contributed by atoms with Crippen LogP contribution in [-0.2, 0) is 4.79 Å². The number of aromatic nitrogens is 1. The van der Waals surface area contributed by atoms with E-state index in [2.05, 4.69) is 4.98 Å². The summed E-state index contributed by atoms with van der Waals surface area (Å²) in [4.78, 5) is 33.7. The molecule has 6 nitrogen and oxygen atoms in total. The fraction of sp³-hybridized carbons (Fsp3) is 0.273. The highest BCUT2D eigenvalue weighted by molar-refractivity contribution is 7.12. The second-order valence-corrected chi connectivity index (χ2v) is 8.43. The number of amides is 1. The number of thiophene rings is 1. The van der Waals surface area contributed by atoms with E-state index in [1.807, 2.05) is 55.6 Å². The van der Waals surface area contributed by atoms with Gasteiger partial charge in [-0.05, 0) is 38.5 Å². The first-order valence-corrected chi connectivity index (χ1v) is 10.3. The summed E-state index contributed by atoms with van der Waals surface area (Å²) in [6.07, 6.45) is 0. The van der Waals surface area contributed by atoms with Crippen LogP contribution in [0.5, 0.6) is 0 Å². The average Bonchev–Trinajstić information content (AvgIpc) is 3.38.